The third kappa shape index (κ3) is 3.16. The van der Waals surface area contributed by atoms with Crippen molar-refractivity contribution in [3.63, 3.8) is 0 Å². The highest BCUT2D eigenvalue weighted by Gasteiger charge is 2.30. The fraction of sp³-hybridized carbons (Fsp3) is 0.643. The number of likely N-dealkylation sites (tertiary alicyclic amines) is 1. The first kappa shape index (κ1) is 14.1. The quantitative estimate of drug-likeness (QED) is 0.901. The highest BCUT2D eigenvalue weighted by molar-refractivity contribution is 5.91. The van der Waals surface area contributed by atoms with Crippen molar-refractivity contribution in [3.8, 4) is 0 Å². The van der Waals surface area contributed by atoms with Crippen molar-refractivity contribution in [2.24, 2.45) is 5.92 Å². The Morgan fingerprint density at radius 3 is 3.00 bits per heavy atom. The number of methoxy groups -OCH3 is 1. The SMILES string of the molecule is COCc1ccc(C(=O)N2CC[C@H](CO)C[C@@H]2C)o1. The lowest BCUT2D eigenvalue weighted by Crippen LogP contribution is -2.45. The lowest BCUT2D eigenvalue weighted by atomic mass is 9.92. The van der Waals surface area contributed by atoms with Crippen molar-refractivity contribution in [2.45, 2.75) is 32.4 Å². The number of piperidine rings is 1. The predicted octanol–water partition coefficient (Wildman–Crippen LogP) is 1.66. The summed E-state index contributed by atoms with van der Waals surface area (Å²) >= 11 is 0. The number of hydrogen-bond acceptors (Lipinski definition) is 4. The fourth-order valence-electron chi connectivity index (χ4n) is 2.59. The van der Waals surface area contributed by atoms with Crippen LogP contribution in [0.1, 0.15) is 36.1 Å². The number of carbonyl (C=O) groups is 1. The monoisotopic (exact) mass is 267 g/mol. The van der Waals surface area contributed by atoms with Crippen molar-refractivity contribution in [3.05, 3.63) is 23.7 Å². The smallest absolute Gasteiger partial charge is 0.289 e. The van der Waals surface area contributed by atoms with Crippen LogP contribution in [0.4, 0.5) is 0 Å². The van der Waals surface area contributed by atoms with E-state index in [2.05, 4.69) is 0 Å². The molecule has 1 saturated heterocycles. The van der Waals surface area contributed by atoms with Crippen LogP contribution in [0.2, 0.25) is 0 Å². The Labute approximate surface area is 113 Å². The zero-order valence-corrected chi connectivity index (χ0v) is 11.5. The van der Waals surface area contributed by atoms with Crippen molar-refractivity contribution < 1.29 is 19.1 Å². The van der Waals surface area contributed by atoms with Crippen LogP contribution in [-0.2, 0) is 11.3 Å². The van der Waals surface area contributed by atoms with Crippen LogP contribution in [0.15, 0.2) is 16.5 Å². The normalized spacial score (nSPS) is 23.6. The maximum Gasteiger partial charge on any atom is 0.289 e. The molecule has 0 aromatic carbocycles. The number of hydrogen-bond donors (Lipinski definition) is 1. The summed E-state index contributed by atoms with van der Waals surface area (Å²) in [5, 5.41) is 9.18. The average Bonchev–Trinajstić information content (AvgIpc) is 2.87. The van der Waals surface area contributed by atoms with E-state index in [1.807, 2.05) is 11.8 Å². The second-order valence-corrected chi connectivity index (χ2v) is 5.12. The molecule has 0 radical (unpaired) electrons. The Morgan fingerprint density at radius 1 is 1.58 bits per heavy atom. The third-order valence-electron chi connectivity index (χ3n) is 3.66. The van der Waals surface area contributed by atoms with Crippen LogP contribution in [0.5, 0.6) is 0 Å². The molecule has 1 amide bonds. The van der Waals surface area contributed by atoms with E-state index in [0.717, 1.165) is 12.8 Å². The van der Waals surface area contributed by atoms with Gasteiger partial charge in [-0.15, -0.1) is 0 Å². The zero-order valence-electron chi connectivity index (χ0n) is 11.5. The molecule has 2 heterocycles. The molecule has 1 fully saturated rings. The van der Waals surface area contributed by atoms with Crippen LogP contribution in [0, 0.1) is 5.92 Å². The van der Waals surface area contributed by atoms with Gasteiger partial charge in [-0.25, -0.2) is 0 Å². The van der Waals surface area contributed by atoms with E-state index in [1.165, 1.54) is 0 Å². The molecule has 0 aliphatic carbocycles. The summed E-state index contributed by atoms with van der Waals surface area (Å²) in [7, 11) is 1.59. The van der Waals surface area contributed by atoms with E-state index in [-0.39, 0.29) is 18.6 Å². The number of furan rings is 1. The molecule has 0 saturated carbocycles. The van der Waals surface area contributed by atoms with E-state index in [1.54, 1.807) is 19.2 Å². The van der Waals surface area contributed by atoms with E-state index >= 15 is 0 Å². The van der Waals surface area contributed by atoms with Gasteiger partial charge in [0.05, 0.1) is 0 Å². The second kappa shape index (κ2) is 6.21. The third-order valence-corrected chi connectivity index (χ3v) is 3.66. The minimum absolute atomic E-state index is 0.0776. The fourth-order valence-corrected chi connectivity index (χ4v) is 2.59. The molecular formula is C14H21NO4. The lowest BCUT2D eigenvalue weighted by Gasteiger charge is -2.36. The maximum atomic E-state index is 12.4. The van der Waals surface area contributed by atoms with E-state index in [4.69, 9.17) is 9.15 Å². The van der Waals surface area contributed by atoms with Gasteiger partial charge < -0.3 is 19.2 Å². The molecule has 1 aliphatic heterocycles. The molecule has 0 unspecified atom stereocenters. The maximum absolute atomic E-state index is 12.4. The molecule has 1 aliphatic rings. The van der Waals surface area contributed by atoms with Crippen molar-refractivity contribution in [2.75, 3.05) is 20.3 Å². The van der Waals surface area contributed by atoms with E-state index < -0.39 is 0 Å². The van der Waals surface area contributed by atoms with Crippen LogP contribution >= 0.6 is 0 Å². The van der Waals surface area contributed by atoms with Crippen LogP contribution in [0.3, 0.4) is 0 Å². The Kier molecular flexibility index (Phi) is 4.61. The van der Waals surface area contributed by atoms with Gasteiger partial charge in [0.1, 0.15) is 12.4 Å². The van der Waals surface area contributed by atoms with Crippen LogP contribution in [0.25, 0.3) is 0 Å². The van der Waals surface area contributed by atoms with Gasteiger partial charge in [0.25, 0.3) is 5.91 Å². The van der Waals surface area contributed by atoms with Crippen LogP contribution < -0.4 is 0 Å². The molecular weight excluding hydrogens is 246 g/mol. The number of aliphatic hydroxyl groups is 1. The van der Waals surface area contributed by atoms with Crippen molar-refractivity contribution >= 4 is 5.91 Å². The minimum Gasteiger partial charge on any atom is -0.453 e. The summed E-state index contributed by atoms with van der Waals surface area (Å²) in [6.45, 7) is 3.25. The summed E-state index contributed by atoms with van der Waals surface area (Å²) in [5.74, 6) is 1.25. The molecule has 0 bridgehead atoms. The molecule has 19 heavy (non-hydrogen) atoms. The first-order valence-electron chi connectivity index (χ1n) is 6.65. The number of nitrogens with zero attached hydrogens (tertiary/aromatic N) is 1. The van der Waals surface area contributed by atoms with Crippen LogP contribution in [-0.4, -0.2) is 42.2 Å². The summed E-state index contributed by atoms with van der Waals surface area (Å²) in [6, 6.07) is 3.60. The number of carbonyl (C=O) groups excluding carboxylic acids is 1. The van der Waals surface area contributed by atoms with Gasteiger partial charge in [-0.05, 0) is 37.8 Å². The lowest BCUT2D eigenvalue weighted by molar-refractivity contribution is 0.0480. The number of amides is 1. The molecule has 1 N–H and O–H groups in total. The molecule has 5 heteroatoms. The van der Waals surface area contributed by atoms with Gasteiger partial charge in [0.2, 0.25) is 0 Å². The van der Waals surface area contributed by atoms with Gasteiger partial charge in [-0.1, -0.05) is 0 Å². The van der Waals surface area contributed by atoms with E-state index in [9.17, 15) is 9.90 Å². The highest BCUT2D eigenvalue weighted by Crippen LogP contribution is 2.24. The summed E-state index contributed by atoms with van der Waals surface area (Å²) < 4.78 is 10.4. The van der Waals surface area contributed by atoms with Gasteiger partial charge >= 0.3 is 0 Å². The molecule has 2 atom stereocenters. The Hall–Kier alpha value is -1.33. The molecule has 1 aromatic rings. The second-order valence-electron chi connectivity index (χ2n) is 5.12. The molecule has 2 rings (SSSR count). The molecule has 0 spiro atoms. The van der Waals surface area contributed by atoms with Gasteiger partial charge in [-0.3, -0.25) is 4.79 Å². The summed E-state index contributed by atoms with van der Waals surface area (Å²) in [4.78, 5) is 14.2. The predicted molar refractivity (Wildman–Crippen MR) is 69.7 cm³/mol. The largest absolute Gasteiger partial charge is 0.453 e. The van der Waals surface area contributed by atoms with Gasteiger partial charge in [-0.2, -0.15) is 0 Å². The topological polar surface area (TPSA) is 62.9 Å². The molecule has 106 valence electrons. The van der Waals surface area contributed by atoms with E-state index in [0.29, 0.717) is 30.6 Å². The van der Waals surface area contributed by atoms with Gasteiger partial charge in [0, 0.05) is 26.3 Å². The molecule has 5 nitrogen and oxygen atoms in total. The number of rotatable bonds is 4. The summed E-state index contributed by atoms with van der Waals surface area (Å²) in [5.41, 5.74) is 0. The van der Waals surface area contributed by atoms with Gasteiger partial charge in [0.15, 0.2) is 5.76 Å². The Bertz CT molecular complexity index is 429. The standard InChI is InChI=1S/C14H21NO4/c1-10-7-11(8-16)5-6-15(10)14(17)13-4-3-12(19-13)9-18-2/h3-4,10-11,16H,5-9H2,1-2H3/t10-,11-/m0/s1. The Morgan fingerprint density at radius 2 is 2.37 bits per heavy atom. The van der Waals surface area contributed by atoms with Crippen molar-refractivity contribution in [1.82, 2.24) is 4.90 Å². The number of aliphatic hydroxyl groups excluding tert-OH is 1. The first-order chi connectivity index (χ1) is 9.15. The zero-order chi connectivity index (χ0) is 13.8. The summed E-state index contributed by atoms with van der Waals surface area (Å²) in [6.07, 6.45) is 1.69. The molecule has 1 aromatic heterocycles. The number of ether oxygens (including phenoxy) is 1. The van der Waals surface area contributed by atoms with Crippen molar-refractivity contribution in [1.29, 1.82) is 0 Å². The average molecular weight is 267 g/mol. The first-order valence-corrected chi connectivity index (χ1v) is 6.65. The highest BCUT2D eigenvalue weighted by atomic mass is 16.5. The minimum atomic E-state index is -0.0776. The Balaban J connectivity index is 2.02.